The van der Waals surface area contributed by atoms with E-state index in [1.165, 1.54) is 9.75 Å². The highest BCUT2D eigenvalue weighted by atomic mass is 32.1. The summed E-state index contributed by atoms with van der Waals surface area (Å²) in [5.74, 6) is -0.910. The lowest BCUT2D eigenvalue weighted by Gasteiger charge is -2.17. The molecule has 0 aromatic carbocycles. The van der Waals surface area contributed by atoms with Crippen molar-refractivity contribution < 1.29 is 9.90 Å². The van der Waals surface area contributed by atoms with Crippen molar-refractivity contribution in [1.82, 2.24) is 0 Å². The van der Waals surface area contributed by atoms with E-state index in [1.54, 1.807) is 11.3 Å². The number of hydrogen-bond donors (Lipinski definition) is 1. The molecule has 1 aliphatic rings. The average molecular weight is 196 g/mol. The number of aliphatic carboxylic acids is 1. The Morgan fingerprint density at radius 1 is 1.69 bits per heavy atom. The Bertz CT molecular complexity index is 341. The molecule has 3 heteroatoms. The smallest absolute Gasteiger partial charge is 0.311 e. The summed E-state index contributed by atoms with van der Waals surface area (Å²) >= 11 is 1.75. The summed E-state index contributed by atoms with van der Waals surface area (Å²) in [5.41, 5.74) is 1.07. The summed E-state index contributed by atoms with van der Waals surface area (Å²) < 4.78 is 0. The van der Waals surface area contributed by atoms with Crippen LogP contribution in [0.1, 0.15) is 34.1 Å². The van der Waals surface area contributed by atoms with Gasteiger partial charge in [-0.1, -0.05) is 0 Å². The number of carbonyl (C=O) groups is 1. The third-order valence-corrected chi connectivity index (χ3v) is 3.66. The molecule has 1 aromatic rings. The van der Waals surface area contributed by atoms with Crippen molar-refractivity contribution in [3.05, 3.63) is 21.4 Å². The Labute approximate surface area is 81.2 Å². The fourth-order valence-corrected chi connectivity index (χ4v) is 3.09. The largest absolute Gasteiger partial charge is 0.481 e. The van der Waals surface area contributed by atoms with E-state index in [0.717, 1.165) is 24.8 Å². The van der Waals surface area contributed by atoms with E-state index < -0.39 is 5.97 Å². The molecule has 0 radical (unpaired) electrons. The lowest BCUT2D eigenvalue weighted by molar-refractivity contribution is -0.139. The van der Waals surface area contributed by atoms with Crippen LogP contribution in [0.3, 0.4) is 0 Å². The van der Waals surface area contributed by atoms with Gasteiger partial charge in [-0.2, -0.15) is 0 Å². The second kappa shape index (κ2) is 3.14. The maximum absolute atomic E-state index is 10.9. The number of thiophene rings is 1. The molecule has 2 rings (SSSR count). The molecule has 0 saturated carbocycles. The molecule has 13 heavy (non-hydrogen) atoms. The first-order chi connectivity index (χ1) is 6.18. The Morgan fingerprint density at radius 2 is 2.46 bits per heavy atom. The van der Waals surface area contributed by atoms with Gasteiger partial charge in [0.25, 0.3) is 0 Å². The van der Waals surface area contributed by atoms with E-state index in [9.17, 15) is 4.79 Å². The highest BCUT2D eigenvalue weighted by molar-refractivity contribution is 7.12. The topological polar surface area (TPSA) is 37.3 Å². The Balaban J connectivity index is 2.41. The van der Waals surface area contributed by atoms with Crippen LogP contribution in [0.5, 0.6) is 0 Å². The van der Waals surface area contributed by atoms with Crippen molar-refractivity contribution in [2.75, 3.05) is 0 Å². The van der Waals surface area contributed by atoms with Crippen molar-refractivity contribution in [3.63, 3.8) is 0 Å². The van der Waals surface area contributed by atoms with Gasteiger partial charge in [0.1, 0.15) is 0 Å². The number of fused-ring (bicyclic) bond motifs is 1. The highest BCUT2D eigenvalue weighted by Crippen LogP contribution is 2.36. The van der Waals surface area contributed by atoms with E-state index in [0.29, 0.717) is 0 Å². The fraction of sp³-hybridized carbons (Fsp3) is 0.500. The van der Waals surface area contributed by atoms with E-state index in [4.69, 9.17) is 5.11 Å². The van der Waals surface area contributed by atoms with Crippen molar-refractivity contribution in [2.24, 2.45) is 0 Å². The quantitative estimate of drug-likeness (QED) is 0.749. The van der Waals surface area contributed by atoms with E-state index >= 15 is 0 Å². The van der Waals surface area contributed by atoms with Crippen molar-refractivity contribution >= 4 is 17.3 Å². The molecular formula is C10H12O2S. The standard InChI is InChI=1S/C10H12O2S/c1-6-5-8-7(10(11)12)3-2-4-9(8)13-6/h5,7H,2-4H2,1H3,(H,11,12)/t7-/m0/s1. The van der Waals surface area contributed by atoms with E-state index in [2.05, 4.69) is 0 Å². The molecule has 0 aliphatic heterocycles. The lowest BCUT2D eigenvalue weighted by Crippen LogP contribution is -2.15. The van der Waals surface area contributed by atoms with Gasteiger partial charge in [-0.05, 0) is 37.8 Å². The molecule has 0 amide bonds. The molecule has 1 heterocycles. The van der Waals surface area contributed by atoms with Gasteiger partial charge in [0.05, 0.1) is 5.92 Å². The molecule has 0 spiro atoms. The molecule has 0 unspecified atom stereocenters. The van der Waals surface area contributed by atoms with Crippen LogP contribution >= 0.6 is 11.3 Å². The van der Waals surface area contributed by atoms with Crippen LogP contribution < -0.4 is 0 Å². The lowest BCUT2D eigenvalue weighted by atomic mass is 9.88. The number of aryl methyl sites for hydroxylation is 2. The Hall–Kier alpha value is -0.830. The predicted molar refractivity (Wildman–Crippen MR) is 52.4 cm³/mol. The zero-order valence-corrected chi connectivity index (χ0v) is 8.36. The molecule has 0 saturated heterocycles. The van der Waals surface area contributed by atoms with Gasteiger partial charge in [-0.15, -0.1) is 11.3 Å². The second-order valence-corrected chi connectivity index (χ2v) is 4.86. The maximum Gasteiger partial charge on any atom is 0.311 e. The SMILES string of the molecule is Cc1cc2c(s1)CCC[C@@H]2C(=O)O. The van der Waals surface area contributed by atoms with Gasteiger partial charge in [0.2, 0.25) is 0 Å². The van der Waals surface area contributed by atoms with Crippen LogP contribution in [0.4, 0.5) is 0 Å². The molecule has 70 valence electrons. The van der Waals surface area contributed by atoms with E-state index in [1.807, 2.05) is 13.0 Å². The summed E-state index contributed by atoms with van der Waals surface area (Å²) in [5, 5.41) is 9.00. The van der Waals surface area contributed by atoms with Crippen molar-refractivity contribution in [3.8, 4) is 0 Å². The molecule has 0 bridgehead atoms. The van der Waals surface area contributed by atoms with Crippen molar-refractivity contribution in [2.45, 2.75) is 32.1 Å². The van der Waals surface area contributed by atoms with Crippen LogP contribution in [-0.4, -0.2) is 11.1 Å². The minimum Gasteiger partial charge on any atom is -0.481 e. The Kier molecular flexibility index (Phi) is 2.12. The highest BCUT2D eigenvalue weighted by Gasteiger charge is 2.27. The molecule has 1 N–H and O–H groups in total. The summed E-state index contributed by atoms with van der Waals surface area (Å²) in [6.07, 6.45) is 2.89. The molecule has 1 aliphatic carbocycles. The first-order valence-electron chi connectivity index (χ1n) is 4.50. The van der Waals surface area contributed by atoms with Crippen LogP contribution in [0.2, 0.25) is 0 Å². The third kappa shape index (κ3) is 1.48. The summed E-state index contributed by atoms with van der Waals surface area (Å²) in [6, 6.07) is 2.04. The van der Waals surface area contributed by atoms with Crippen LogP contribution in [-0.2, 0) is 11.2 Å². The van der Waals surface area contributed by atoms with Crippen molar-refractivity contribution in [1.29, 1.82) is 0 Å². The third-order valence-electron chi connectivity index (χ3n) is 2.54. The van der Waals surface area contributed by atoms with Crippen LogP contribution in [0, 0.1) is 6.92 Å². The average Bonchev–Trinajstić information content (AvgIpc) is 2.43. The van der Waals surface area contributed by atoms with Crippen LogP contribution in [0.25, 0.3) is 0 Å². The summed E-state index contributed by atoms with van der Waals surface area (Å²) in [7, 11) is 0. The zero-order chi connectivity index (χ0) is 9.42. The summed E-state index contributed by atoms with van der Waals surface area (Å²) in [6.45, 7) is 2.04. The van der Waals surface area contributed by atoms with Gasteiger partial charge in [0.15, 0.2) is 0 Å². The zero-order valence-electron chi connectivity index (χ0n) is 7.54. The normalized spacial score (nSPS) is 21.2. The minimum atomic E-state index is -0.668. The summed E-state index contributed by atoms with van der Waals surface area (Å²) in [4.78, 5) is 13.5. The minimum absolute atomic E-state index is 0.242. The molecule has 1 atom stereocenters. The van der Waals surface area contributed by atoms with Gasteiger partial charge >= 0.3 is 5.97 Å². The van der Waals surface area contributed by atoms with Crippen LogP contribution in [0.15, 0.2) is 6.07 Å². The van der Waals surface area contributed by atoms with Gasteiger partial charge < -0.3 is 5.11 Å². The fourth-order valence-electron chi connectivity index (χ4n) is 1.95. The second-order valence-electron chi connectivity index (χ2n) is 3.52. The first-order valence-corrected chi connectivity index (χ1v) is 5.32. The van der Waals surface area contributed by atoms with E-state index in [-0.39, 0.29) is 5.92 Å². The molecule has 0 fully saturated rings. The monoisotopic (exact) mass is 196 g/mol. The van der Waals surface area contributed by atoms with Gasteiger partial charge in [-0.25, -0.2) is 0 Å². The molecule has 2 nitrogen and oxygen atoms in total. The number of carboxylic acid groups (broad SMARTS) is 1. The molecule has 1 aromatic heterocycles. The first kappa shape index (κ1) is 8.75. The number of carboxylic acids is 1. The number of rotatable bonds is 1. The van der Waals surface area contributed by atoms with Gasteiger partial charge in [-0.3, -0.25) is 4.79 Å². The maximum atomic E-state index is 10.9. The Morgan fingerprint density at radius 3 is 3.15 bits per heavy atom. The predicted octanol–water partition coefficient (Wildman–Crippen LogP) is 2.56. The molecular weight excluding hydrogens is 184 g/mol. The number of hydrogen-bond acceptors (Lipinski definition) is 2. The van der Waals surface area contributed by atoms with Gasteiger partial charge in [0, 0.05) is 9.75 Å².